The summed E-state index contributed by atoms with van der Waals surface area (Å²) in [4.78, 5) is 0. The van der Waals surface area contributed by atoms with E-state index in [2.05, 4.69) is 44.2 Å². The van der Waals surface area contributed by atoms with E-state index in [0.717, 1.165) is 29.0 Å². The van der Waals surface area contributed by atoms with Crippen molar-refractivity contribution < 1.29 is 4.74 Å². The molecular weight excluding hydrogens is 234 g/mol. The smallest absolute Gasteiger partial charge is 0.123 e. The number of nitrogens with two attached hydrogens (primary N) is 1. The Bertz CT molecular complexity index is 644. The van der Waals surface area contributed by atoms with Crippen LogP contribution in [0.5, 0.6) is 5.75 Å². The molecular formula is C17H19NO. The van der Waals surface area contributed by atoms with E-state index in [1.54, 1.807) is 0 Å². The maximum atomic E-state index is 5.99. The Balaban J connectivity index is 2.02. The number of fused-ring (bicyclic) bond motifs is 1. The van der Waals surface area contributed by atoms with Crippen molar-refractivity contribution in [1.29, 1.82) is 0 Å². The summed E-state index contributed by atoms with van der Waals surface area (Å²) in [5, 5.41) is 0. The lowest BCUT2D eigenvalue weighted by atomic mass is 9.97. The Hall–Kier alpha value is -1.96. The highest BCUT2D eigenvalue weighted by molar-refractivity contribution is 5.70. The molecule has 0 amide bonds. The van der Waals surface area contributed by atoms with Crippen LogP contribution in [0.3, 0.4) is 0 Å². The molecule has 0 bridgehead atoms. The lowest BCUT2D eigenvalue weighted by Gasteiger charge is -2.16. The quantitative estimate of drug-likeness (QED) is 0.781. The van der Waals surface area contributed by atoms with Crippen molar-refractivity contribution in [2.75, 3.05) is 5.73 Å². The van der Waals surface area contributed by atoms with E-state index in [1.165, 1.54) is 11.1 Å². The molecule has 2 aromatic rings. The largest absolute Gasteiger partial charge is 0.487 e. The fraction of sp³-hybridized carbons (Fsp3) is 0.294. The highest BCUT2D eigenvalue weighted by Gasteiger charge is 2.29. The van der Waals surface area contributed by atoms with E-state index in [9.17, 15) is 0 Å². The summed E-state index contributed by atoms with van der Waals surface area (Å²) in [5.41, 5.74) is 11.5. The minimum absolute atomic E-state index is 0.0900. The minimum Gasteiger partial charge on any atom is -0.487 e. The first-order chi connectivity index (χ1) is 8.94. The van der Waals surface area contributed by atoms with Crippen molar-refractivity contribution >= 4 is 5.69 Å². The number of rotatable bonds is 1. The summed E-state index contributed by atoms with van der Waals surface area (Å²) in [6.07, 6.45) is 0.956. The van der Waals surface area contributed by atoms with E-state index in [-0.39, 0.29) is 5.60 Å². The average Bonchev–Trinajstić information content (AvgIpc) is 2.65. The molecule has 1 heterocycles. The molecule has 3 rings (SSSR count). The summed E-state index contributed by atoms with van der Waals surface area (Å²) < 4.78 is 5.90. The van der Waals surface area contributed by atoms with Crippen molar-refractivity contribution in [1.82, 2.24) is 0 Å². The third-order valence-corrected chi connectivity index (χ3v) is 3.68. The molecule has 0 aliphatic carbocycles. The Kier molecular flexibility index (Phi) is 2.56. The first-order valence-corrected chi connectivity index (χ1v) is 6.63. The van der Waals surface area contributed by atoms with Crippen molar-refractivity contribution in [3.63, 3.8) is 0 Å². The van der Waals surface area contributed by atoms with E-state index >= 15 is 0 Å². The van der Waals surface area contributed by atoms with E-state index < -0.39 is 0 Å². The molecule has 0 aromatic heterocycles. The zero-order chi connectivity index (χ0) is 13.6. The highest BCUT2D eigenvalue weighted by Crippen LogP contribution is 2.37. The predicted molar refractivity (Wildman–Crippen MR) is 79.4 cm³/mol. The lowest BCUT2D eigenvalue weighted by Crippen LogP contribution is -2.24. The van der Waals surface area contributed by atoms with Crippen LogP contribution in [0, 0.1) is 6.92 Å². The fourth-order valence-corrected chi connectivity index (χ4v) is 2.61. The molecule has 0 saturated heterocycles. The summed E-state index contributed by atoms with van der Waals surface area (Å²) in [5.74, 6) is 1.01. The van der Waals surface area contributed by atoms with Crippen LogP contribution in [0.25, 0.3) is 11.1 Å². The van der Waals surface area contributed by atoms with Crippen LogP contribution in [-0.4, -0.2) is 5.60 Å². The second-order valence-electron chi connectivity index (χ2n) is 5.93. The molecule has 98 valence electrons. The minimum atomic E-state index is -0.0900. The van der Waals surface area contributed by atoms with Gasteiger partial charge in [-0.1, -0.05) is 18.2 Å². The van der Waals surface area contributed by atoms with Crippen LogP contribution in [0.1, 0.15) is 25.0 Å². The molecule has 0 spiro atoms. The van der Waals surface area contributed by atoms with Gasteiger partial charge in [-0.15, -0.1) is 0 Å². The van der Waals surface area contributed by atoms with Crippen LogP contribution < -0.4 is 10.5 Å². The van der Waals surface area contributed by atoms with Gasteiger partial charge in [-0.25, -0.2) is 0 Å². The molecule has 0 saturated carbocycles. The molecule has 0 radical (unpaired) electrons. The molecule has 1 aliphatic heterocycles. The molecule has 2 nitrogen and oxygen atoms in total. The third-order valence-electron chi connectivity index (χ3n) is 3.68. The van der Waals surface area contributed by atoms with Gasteiger partial charge in [-0.05, 0) is 61.2 Å². The van der Waals surface area contributed by atoms with Crippen LogP contribution in [0.4, 0.5) is 5.69 Å². The van der Waals surface area contributed by atoms with Crippen LogP contribution in [-0.2, 0) is 6.42 Å². The van der Waals surface area contributed by atoms with Gasteiger partial charge in [0, 0.05) is 12.1 Å². The first kappa shape index (κ1) is 12.1. The molecule has 2 N–H and O–H groups in total. The van der Waals surface area contributed by atoms with Crippen LogP contribution >= 0.6 is 0 Å². The molecule has 2 aromatic carbocycles. The number of anilines is 1. The number of hydrogen-bond acceptors (Lipinski definition) is 2. The maximum Gasteiger partial charge on any atom is 0.123 e. The van der Waals surface area contributed by atoms with Gasteiger partial charge in [0.15, 0.2) is 0 Å². The Morgan fingerprint density at radius 3 is 2.47 bits per heavy atom. The van der Waals surface area contributed by atoms with Crippen LogP contribution in [0.15, 0.2) is 36.4 Å². The monoisotopic (exact) mass is 253 g/mol. The lowest BCUT2D eigenvalue weighted by molar-refractivity contribution is 0.138. The maximum absolute atomic E-state index is 5.99. The Morgan fingerprint density at radius 1 is 1.05 bits per heavy atom. The molecule has 0 fully saturated rings. The van der Waals surface area contributed by atoms with E-state index in [1.807, 2.05) is 13.0 Å². The third kappa shape index (κ3) is 2.19. The summed E-state index contributed by atoms with van der Waals surface area (Å²) in [7, 11) is 0. The van der Waals surface area contributed by atoms with Gasteiger partial charge in [0.2, 0.25) is 0 Å². The fourth-order valence-electron chi connectivity index (χ4n) is 2.61. The van der Waals surface area contributed by atoms with Crippen molar-refractivity contribution in [3.05, 3.63) is 47.5 Å². The highest BCUT2D eigenvalue weighted by atomic mass is 16.5. The van der Waals surface area contributed by atoms with Gasteiger partial charge in [0.25, 0.3) is 0 Å². The SMILES string of the molecule is Cc1ccc(-c2ccc3c(c2)CC(C)(C)O3)cc1N. The van der Waals surface area contributed by atoms with Gasteiger partial charge in [0.1, 0.15) is 11.4 Å². The van der Waals surface area contributed by atoms with Gasteiger partial charge < -0.3 is 10.5 Å². The second kappa shape index (κ2) is 4.02. The summed E-state index contributed by atoms with van der Waals surface area (Å²) >= 11 is 0. The number of benzene rings is 2. The standard InChI is InChI=1S/C17H19NO/c1-11-4-5-13(9-15(11)18)12-6-7-16-14(8-12)10-17(2,3)19-16/h4-9H,10,18H2,1-3H3. The van der Waals surface area contributed by atoms with Crippen LogP contribution in [0.2, 0.25) is 0 Å². The molecule has 2 heteroatoms. The molecule has 0 atom stereocenters. The zero-order valence-electron chi connectivity index (χ0n) is 11.7. The normalized spacial score (nSPS) is 15.9. The molecule has 0 unspecified atom stereocenters. The molecule has 1 aliphatic rings. The summed E-state index contributed by atoms with van der Waals surface area (Å²) in [6.45, 7) is 6.27. The van der Waals surface area contributed by atoms with Crippen molar-refractivity contribution in [2.24, 2.45) is 0 Å². The van der Waals surface area contributed by atoms with Crippen molar-refractivity contribution in [3.8, 4) is 16.9 Å². The number of aryl methyl sites for hydroxylation is 1. The topological polar surface area (TPSA) is 35.2 Å². The first-order valence-electron chi connectivity index (χ1n) is 6.63. The van der Waals surface area contributed by atoms with E-state index in [0.29, 0.717) is 0 Å². The second-order valence-corrected chi connectivity index (χ2v) is 5.93. The zero-order valence-corrected chi connectivity index (χ0v) is 11.7. The van der Waals surface area contributed by atoms with Gasteiger partial charge in [-0.2, -0.15) is 0 Å². The van der Waals surface area contributed by atoms with E-state index in [4.69, 9.17) is 10.5 Å². The molecule has 19 heavy (non-hydrogen) atoms. The van der Waals surface area contributed by atoms with Gasteiger partial charge in [-0.3, -0.25) is 0 Å². The number of ether oxygens (including phenoxy) is 1. The van der Waals surface area contributed by atoms with Gasteiger partial charge in [0.05, 0.1) is 0 Å². The number of hydrogen-bond donors (Lipinski definition) is 1. The summed E-state index contributed by atoms with van der Waals surface area (Å²) in [6, 6.07) is 12.6. The predicted octanol–water partition coefficient (Wildman–Crippen LogP) is 3.96. The Morgan fingerprint density at radius 2 is 1.74 bits per heavy atom. The Labute approximate surface area is 114 Å². The number of nitrogen functional groups attached to an aromatic ring is 1. The van der Waals surface area contributed by atoms with Gasteiger partial charge >= 0.3 is 0 Å². The average molecular weight is 253 g/mol. The van der Waals surface area contributed by atoms with Crippen molar-refractivity contribution in [2.45, 2.75) is 32.8 Å².